The molecule has 1 aromatic carbocycles. The summed E-state index contributed by atoms with van der Waals surface area (Å²) >= 11 is 3.33. The maximum absolute atomic E-state index is 13.4. The van der Waals surface area contributed by atoms with Crippen molar-refractivity contribution >= 4 is 21.7 Å². The maximum atomic E-state index is 13.4. The van der Waals surface area contributed by atoms with Crippen molar-refractivity contribution in [3.63, 3.8) is 0 Å². The molecule has 2 saturated heterocycles. The van der Waals surface area contributed by atoms with Crippen molar-refractivity contribution < 1.29 is 18.7 Å². The van der Waals surface area contributed by atoms with E-state index in [9.17, 15) is 9.18 Å². The van der Waals surface area contributed by atoms with Crippen LogP contribution in [-0.4, -0.2) is 31.2 Å². The number of Topliss-reactive ketones (excluding diaryl/α,β-unsaturated/α-hetero) is 1. The zero-order chi connectivity index (χ0) is 14.2. The Bertz CT molecular complexity index is 526. The lowest BCUT2D eigenvalue weighted by molar-refractivity contribution is -0.0920. The van der Waals surface area contributed by atoms with Crippen LogP contribution in [0.4, 0.5) is 4.39 Å². The standard InChI is InChI=1S/C15H16BrFO3/c16-13-2-1-11(17)7-12(13)14(18)10-3-5-20-15(8-10)4-6-19-9-15/h1-2,7,10H,3-6,8-9H2. The second kappa shape index (κ2) is 5.54. The smallest absolute Gasteiger partial charge is 0.167 e. The molecule has 2 aliphatic heterocycles. The van der Waals surface area contributed by atoms with Crippen molar-refractivity contribution in [2.24, 2.45) is 5.92 Å². The van der Waals surface area contributed by atoms with Crippen molar-refractivity contribution in [2.45, 2.75) is 24.9 Å². The van der Waals surface area contributed by atoms with E-state index in [0.29, 0.717) is 42.7 Å². The lowest BCUT2D eigenvalue weighted by Gasteiger charge is -2.36. The molecule has 3 nitrogen and oxygen atoms in total. The van der Waals surface area contributed by atoms with Gasteiger partial charge in [0.1, 0.15) is 5.82 Å². The van der Waals surface area contributed by atoms with Gasteiger partial charge in [0.05, 0.1) is 12.2 Å². The Hall–Kier alpha value is -0.780. The third-order valence-corrected chi connectivity index (χ3v) is 4.82. The van der Waals surface area contributed by atoms with E-state index >= 15 is 0 Å². The zero-order valence-electron chi connectivity index (χ0n) is 11.0. The number of ketones is 1. The summed E-state index contributed by atoms with van der Waals surface area (Å²) in [5.74, 6) is -0.517. The quantitative estimate of drug-likeness (QED) is 0.773. The van der Waals surface area contributed by atoms with Gasteiger partial charge in [-0.2, -0.15) is 0 Å². The molecule has 1 spiro atoms. The third kappa shape index (κ3) is 2.67. The Morgan fingerprint density at radius 3 is 3.00 bits per heavy atom. The summed E-state index contributed by atoms with van der Waals surface area (Å²) in [6.07, 6.45) is 2.18. The van der Waals surface area contributed by atoms with E-state index in [1.165, 1.54) is 12.1 Å². The van der Waals surface area contributed by atoms with Gasteiger partial charge in [0, 0.05) is 35.6 Å². The van der Waals surface area contributed by atoms with E-state index in [4.69, 9.17) is 9.47 Å². The molecule has 0 aromatic heterocycles. The molecular formula is C15H16BrFO3. The molecule has 0 amide bonds. The molecule has 3 rings (SSSR count). The Balaban J connectivity index is 1.81. The number of halogens is 2. The van der Waals surface area contributed by atoms with Crippen LogP contribution in [0.1, 0.15) is 29.6 Å². The van der Waals surface area contributed by atoms with Crippen molar-refractivity contribution in [3.05, 3.63) is 34.1 Å². The number of ether oxygens (including phenoxy) is 2. The van der Waals surface area contributed by atoms with Gasteiger partial charge in [-0.3, -0.25) is 4.79 Å². The minimum absolute atomic E-state index is 0.00838. The molecule has 0 N–H and O–H groups in total. The predicted octanol–water partition coefficient (Wildman–Crippen LogP) is 3.36. The van der Waals surface area contributed by atoms with Gasteiger partial charge in [-0.25, -0.2) is 4.39 Å². The molecule has 2 aliphatic rings. The van der Waals surface area contributed by atoms with Crippen LogP contribution in [0.25, 0.3) is 0 Å². The minimum Gasteiger partial charge on any atom is -0.378 e. The van der Waals surface area contributed by atoms with Crippen molar-refractivity contribution in [3.8, 4) is 0 Å². The molecule has 108 valence electrons. The van der Waals surface area contributed by atoms with Crippen LogP contribution < -0.4 is 0 Å². The summed E-state index contributed by atoms with van der Waals surface area (Å²) in [4.78, 5) is 12.6. The summed E-state index contributed by atoms with van der Waals surface area (Å²) < 4.78 is 25.2. The fourth-order valence-electron chi connectivity index (χ4n) is 3.02. The van der Waals surface area contributed by atoms with E-state index in [1.54, 1.807) is 6.07 Å². The highest BCUT2D eigenvalue weighted by Gasteiger charge is 2.43. The second-order valence-electron chi connectivity index (χ2n) is 5.51. The Labute approximate surface area is 125 Å². The zero-order valence-corrected chi connectivity index (χ0v) is 12.6. The summed E-state index contributed by atoms with van der Waals surface area (Å²) in [5, 5.41) is 0. The molecule has 20 heavy (non-hydrogen) atoms. The number of rotatable bonds is 2. The highest BCUT2D eigenvalue weighted by molar-refractivity contribution is 9.10. The van der Waals surface area contributed by atoms with Crippen LogP contribution in [0.15, 0.2) is 22.7 Å². The normalized spacial score (nSPS) is 29.8. The van der Waals surface area contributed by atoms with Crippen LogP contribution in [0.2, 0.25) is 0 Å². The Morgan fingerprint density at radius 2 is 2.25 bits per heavy atom. The average molecular weight is 343 g/mol. The van der Waals surface area contributed by atoms with E-state index in [0.717, 1.165) is 6.42 Å². The molecule has 0 bridgehead atoms. The molecule has 0 radical (unpaired) electrons. The predicted molar refractivity (Wildman–Crippen MR) is 75.3 cm³/mol. The topological polar surface area (TPSA) is 35.5 Å². The third-order valence-electron chi connectivity index (χ3n) is 4.12. The molecule has 0 aliphatic carbocycles. The fraction of sp³-hybridized carbons (Fsp3) is 0.533. The van der Waals surface area contributed by atoms with Gasteiger partial charge in [0.15, 0.2) is 5.78 Å². The Kier molecular flexibility index (Phi) is 3.93. The van der Waals surface area contributed by atoms with Crippen molar-refractivity contribution in [1.29, 1.82) is 0 Å². The van der Waals surface area contributed by atoms with Gasteiger partial charge in [-0.1, -0.05) is 15.9 Å². The largest absolute Gasteiger partial charge is 0.378 e. The van der Waals surface area contributed by atoms with Crippen LogP contribution >= 0.6 is 15.9 Å². The number of benzene rings is 1. The van der Waals surface area contributed by atoms with Gasteiger partial charge >= 0.3 is 0 Å². The van der Waals surface area contributed by atoms with E-state index < -0.39 is 0 Å². The van der Waals surface area contributed by atoms with Gasteiger partial charge in [0.25, 0.3) is 0 Å². The minimum atomic E-state index is -0.387. The fourth-order valence-corrected chi connectivity index (χ4v) is 3.46. The second-order valence-corrected chi connectivity index (χ2v) is 6.37. The van der Waals surface area contributed by atoms with Crippen LogP contribution in [0.5, 0.6) is 0 Å². The van der Waals surface area contributed by atoms with E-state index in [1.807, 2.05) is 0 Å². The maximum Gasteiger partial charge on any atom is 0.167 e. The number of hydrogen-bond donors (Lipinski definition) is 0. The lowest BCUT2D eigenvalue weighted by atomic mass is 9.81. The summed E-state index contributed by atoms with van der Waals surface area (Å²) in [6.45, 7) is 1.80. The molecule has 2 fully saturated rings. The highest BCUT2D eigenvalue weighted by Crippen LogP contribution is 2.37. The summed E-state index contributed by atoms with van der Waals surface area (Å²) in [7, 11) is 0. The van der Waals surface area contributed by atoms with Crippen LogP contribution in [0.3, 0.4) is 0 Å². The summed E-state index contributed by atoms with van der Waals surface area (Å²) in [5.41, 5.74) is 0.115. The van der Waals surface area contributed by atoms with Gasteiger partial charge in [-0.15, -0.1) is 0 Å². The number of carbonyl (C=O) groups excluding carboxylic acids is 1. The highest BCUT2D eigenvalue weighted by atomic mass is 79.9. The SMILES string of the molecule is O=C(c1cc(F)ccc1Br)C1CCOC2(CCOC2)C1. The summed E-state index contributed by atoms with van der Waals surface area (Å²) in [6, 6.07) is 4.23. The molecule has 5 heteroatoms. The van der Waals surface area contributed by atoms with Gasteiger partial charge in [-0.05, 0) is 31.0 Å². The Morgan fingerprint density at radius 1 is 1.40 bits per heavy atom. The first-order valence-corrected chi connectivity index (χ1v) is 7.60. The molecule has 2 atom stereocenters. The van der Waals surface area contributed by atoms with Gasteiger partial charge < -0.3 is 9.47 Å². The molecular weight excluding hydrogens is 327 g/mol. The molecule has 2 heterocycles. The number of carbonyl (C=O) groups is 1. The first kappa shape index (κ1) is 14.2. The molecule has 1 aromatic rings. The molecule has 0 saturated carbocycles. The van der Waals surface area contributed by atoms with E-state index in [-0.39, 0.29) is 23.1 Å². The van der Waals surface area contributed by atoms with Crippen molar-refractivity contribution in [1.82, 2.24) is 0 Å². The van der Waals surface area contributed by atoms with Gasteiger partial charge in [0.2, 0.25) is 0 Å². The van der Waals surface area contributed by atoms with Crippen LogP contribution in [0, 0.1) is 11.7 Å². The van der Waals surface area contributed by atoms with Crippen molar-refractivity contribution in [2.75, 3.05) is 19.8 Å². The van der Waals surface area contributed by atoms with E-state index in [2.05, 4.69) is 15.9 Å². The molecule has 2 unspecified atom stereocenters. The first-order chi connectivity index (χ1) is 9.60. The first-order valence-electron chi connectivity index (χ1n) is 6.81. The monoisotopic (exact) mass is 342 g/mol. The van der Waals surface area contributed by atoms with Crippen LogP contribution in [-0.2, 0) is 9.47 Å². The number of hydrogen-bond acceptors (Lipinski definition) is 3. The average Bonchev–Trinajstić information content (AvgIpc) is 2.88. The lowest BCUT2D eigenvalue weighted by Crippen LogP contribution is -2.42.